The maximum atomic E-state index is 13.0. The molecule has 0 saturated heterocycles. The Hall–Kier alpha value is -4.11. The van der Waals surface area contributed by atoms with Crippen LogP contribution in [0.3, 0.4) is 0 Å². The van der Waals surface area contributed by atoms with Crippen LogP contribution >= 0.6 is 0 Å². The number of hydrogen-bond donors (Lipinski definition) is 2. The third kappa shape index (κ3) is 4.90. The Morgan fingerprint density at radius 1 is 1.06 bits per heavy atom. The number of nitriles is 1. The normalized spacial score (nSPS) is 16.1. The SMILES string of the molecule is CC1=C(C(=O)O)C(c2ccc(C#N)cc2)C(C(=O)OC=CCc2ccccc2)=C(C)N1. The standard InChI is InChI=1S/C25H22N2O4/c1-16-21(24(28)29)23(20-12-10-19(15-26)11-13-20)22(17(2)27-16)25(30)31-14-6-9-18-7-4-3-5-8-18/h3-8,10-14,23,27H,9H2,1-2H3,(H,28,29). The molecule has 0 amide bonds. The summed E-state index contributed by atoms with van der Waals surface area (Å²) in [6.07, 6.45) is 3.66. The van der Waals surface area contributed by atoms with Gasteiger partial charge in [-0.2, -0.15) is 5.26 Å². The van der Waals surface area contributed by atoms with Crippen LogP contribution in [0.4, 0.5) is 0 Å². The zero-order valence-electron chi connectivity index (χ0n) is 17.3. The van der Waals surface area contributed by atoms with Crippen LogP contribution in [0.1, 0.15) is 36.5 Å². The van der Waals surface area contributed by atoms with Crippen LogP contribution in [-0.2, 0) is 20.7 Å². The molecular formula is C25H22N2O4. The average molecular weight is 414 g/mol. The summed E-state index contributed by atoms with van der Waals surface area (Å²) in [7, 11) is 0. The van der Waals surface area contributed by atoms with Crippen molar-refractivity contribution >= 4 is 11.9 Å². The molecule has 0 fully saturated rings. The van der Waals surface area contributed by atoms with E-state index in [-0.39, 0.29) is 11.1 Å². The molecular weight excluding hydrogens is 392 g/mol. The van der Waals surface area contributed by atoms with E-state index in [0.717, 1.165) is 5.56 Å². The minimum absolute atomic E-state index is 0.0653. The highest BCUT2D eigenvalue weighted by Gasteiger charge is 2.37. The van der Waals surface area contributed by atoms with E-state index in [0.29, 0.717) is 28.9 Å². The molecule has 1 aliphatic heterocycles. The monoisotopic (exact) mass is 414 g/mol. The Balaban J connectivity index is 1.89. The molecule has 1 atom stereocenters. The second kappa shape index (κ2) is 9.59. The smallest absolute Gasteiger partial charge is 0.341 e. The number of ether oxygens (including phenoxy) is 1. The van der Waals surface area contributed by atoms with Crippen LogP contribution in [0, 0.1) is 11.3 Å². The number of esters is 1. The summed E-state index contributed by atoms with van der Waals surface area (Å²) >= 11 is 0. The molecule has 1 heterocycles. The van der Waals surface area contributed by atoms with Gasteiger partial charge >= 0.3 is 11.9 Å². The van der Waals surface area contributed by atoms with Gasteiger partial charge in [0.15, 0.2) is 0 Å². The number of hydrogen-bond acceptors (Lipinski definition) is 5. The van der Waals surface area contributed by atoms with Crippen LogP contribution in [0.25, 0.3) is 0 Å². The highest BCUT2D eigenvalue weighted by Crippen LogP contribution is 2.38. The number of dihydropyridines is 1. The molecule has 6 nitrogen and oxygen atoms in total. The molecule has 0 spiro atoms. The van der Waals surface area contributed by atoms with Crippen LogP contribution in [-0.4, -0.2) is 17.0 Å². The molecule has 1 aliphatic rings. The fraction of sp³-hybridized carbons (Fsp3) is 0.160. The highest BCUT2D eigenvalue weighted by molar-refractivity contribution is 5.99. The van der Waals surface area contributed by atoms with Crippen molar-refractivity contribution in [3.05, 3.63) is 106 Å². The maximum absolute atomic E-state index is 13.0. The van der Waals surface area contributed by atoms with E-state index in [9.17, 15) is 14.7 Å². The zero-order chi connectivity index (χ0) is 22.4. The van der Waals surface area contributed by atoms with E-state index in [1.807, 2.05) is 36.4 Å². The van der Waals surface area contributed by atoms with Gasteiger partial charge in [0.25, 0.3) is 0 Å². The largest absolute Gasteiger partial charge is 0.478 e. The molecule has 0 aromatic heterocycles. The van der Waals surface area contributed by atoms with E-state index >= 15 is 0 Å². The first-order valence-electron chi connectivity index (χ1n) is 9.74. The van der Waals surface area contributed by atoms with Crippen molar-refractivity contribution in [2.45, 2.75) is 26.2 Å². The van der Waals surface area contributed by atoms with Gasteiger partial charge in [0.05, 0.1) is 35.0 Å². The Labute approximate surface area is 180 Å². The van der Waals surface area contributed by atoms with E-state index in [1.165, 1.54) is 6.26 Å². The second-order valence-corrected chi connectivity index (χ2v) is 7.14. The van der Waals surface area contributed by atoms with Crippen LogP contribution in [0.2, 0.25) is 0 Å². The molecule has 0 aliphatic carbocycles. The minimum atomic E-state index is -1.13. The molecule has 0 saturated carbocycles. The number of benzene rings is 2. The number of carboxylic acid groups (broad SMARTS) is 1. The summed E-state index contributed by atoms with van der Waals surface area (Å²) in [4.78, 5) is 25.0. The molecule has 3 rings (SSSR count). The van der Waals surface area contributed by atoms with Crippen molar-refractivity contribution < 1.29 is 19.4 Å². The van der Waals surface area contributed by atoms with Gasteiger partial charge in [-0.25, -0.2) is 9.59 Å². The van der Waals surface area contributed by atoms with Crippen LogP contribution in [0.15, 0.2) is 89.5 Å². The number of nitrogens with one attached hydrogen (secondary N) is 1. The first-order valence-corrected chi connectivity index (χ1v) is 9.74. The fourth-order valence-electron chi connectivity index (χ4n) is 3.60. The van der Waals surface area contributed by atoms with Gasteiger partial charge in [-0.05, 0) is 49.6 Å². The Morgan fingerprint density at radius 3 is 2.32 bits per heavy atom. The number of allylic oxidation sites excluding steroid dienone is 3. The maximum Gasteiger partial charge on any atom is 0.341 e. The lowest BCUT2D eigenvalue weighted by Crippen LogP contribution is -2.31. The molecule has 1 unspecified atom stereocenters. The van der Waals surface area contributed by atoms with Crippen molar-refractivity contribution in [1.82, 2.24) is 5.32 Å². The summed E-state index contributed by atoms with van der Waals surface area (Å²) in [5, 5.41) is 21.9. The summed E-state index contributed by atoms with van der Waals surface area (Å²) in [5.41, 5.74) is 3.38. The Morgan fingerprint density at radius 2 is 1.71 bits per heavy atom. The Kier molecular flexibility index (Phi) is 6.68. The predicted molar refractivity (Wildman–Crippen MR) is 115 cm³/mol. The van der Waals surface area contributed by atoms with Crippen molar-refractivity contribution in [3.8, 4) is 6.07 Å². The number of carbonyl (C=O) groups is 2. The number of carboxylic acids is 1. The summed E-state index contributed by atoms with van der Waals surface area (Å²) in [6.45, 7) is 3.37. The number of carbonyl (C=O) groups excluding carboxylic acids is 1. The molecule has 6 heteroatoms. The summed E-state index contributed by atoms with van der Waals surface area (Å²) < 4.78 is 5.35. The number of rotatable bonds is 6. The third-order valence-corrected chi connectivity index (χ3v) is 5.05. The molecule has 2 N–H and O–H groups in total. The van der Waals surface area contributed by atoms with Gasteiger partial charge in [0, 0.05) is 11.4 Å². The van der Waals surface area contributed by atoms with Crippen LogP contribution in [0.5, 0.6) is 0 Å². The number of aliphatic carboxylic acids is 1. The zero-order valence-corrected chi connectivity index (χ0v) is 17.3. The van der Waals surface area contributed by atoms with Crippen molar-refractivity contribution in [2.75, 3.05) is 0 Å². The lowest BCUT2D eigenvalue weighted by molar-refractivity contribution is -0.134. The van der Waals surface area contributed by atoms with Gasteiger partial charge in [0.1, 0.15) is 0 Å². The Bertz CT molecular complexity index is 1120. The minimum Gasteiger partial charge on any atom is -0.478 e. The van der Waals surface area contributed by atoms with E-state index in [2.05, 4.69) is 5.32 Å². The molecule has 2 aromatic rings. The van der Waals surface area contributed by atoms with Crippen molar-refractivity contribution in [1.29, 1.82) is 5.26 Å². The van der Waals surface area contributed by atoms with E-state index < -0.39 is 17.9 Å². The first-order chi connectivity index (χ1) is 14.9. The topological polar surface area (TPSA) is 99.4 Å². The highest BCUT2D eigenvalue weighted by atomic mass is 16.5. The third-order valence-electron chi connectivity index (χ3n) is 5.05. The van der Waals surface area contributed by atoms with Gasteiger partial charge in [-0.15, -0.1) is 0 Å². The molecule has 0 radical (unpaired) electrons. The van der Waals surface area contributed by atoms with E-state index in [4.69, 9.17) is 10.00 Å². The van der Waals surface area contributed by atoms with Crippen LogP contribution < -0.4 is 5.32 Å². The number of nitrogens with zero attached hydrogens (tertiary/aromatic N) is 1. The molecule has 0 bridgehead atoms. The first kappa shape index (κ1) is 21.6. The lowest BCUT2D eigenvalue weighted by Gasteiger charge is -2.29. The van der Waals surface area contributed by atoms with Crippen molar-refractivity contribution in [2.24, 2.45) is 0 Å². The van der Waals surface area contributed by atoms with Gasteiger partial charge in [0.2, 0.25) is 0 Å². The van der Waals surface area contributed by atoms with E-state index in [1.54, 1.807) is 44.2 Å². The van der Waals surface area contributed by atoms with Gasteiger partial charge in [-0.3, -0.25) is 0 Å². The van der Waals surface area contributed by atoms with Crippen molar-refractivity contribution in [3.63, 3.8) is 0 Å². The summed E-state index contributed by atoms with van der Waals surface area (Å²) in [5.74, 6) is -2.58. The second-order valence-electron chi connectivity index (χ2n) is 7.14. The summed E-state index contributed by atoms with van der Waals surface area (Å²) in [6, 6.07) is 18.3. The quantitative estimate of drug-likeness (QED) is 0.543. The fourth-order valence-corrected chi connectivity index (χ4v) is 3.60. The average Bonchev–Trinajstić information content (AvgIpc) is 2.76. The van der Waals surface area contributed by atoms with Gasteiger partial charge in [-0.1, -0.05) is 42.5 Å². The molecule has 31 heavy (non-hydrogen) atoms. The molecule has 156 valence electrons. The van der Waals surface area contributed by atoms with Gasteiger partial charge < -0.3 is 15.2 Å². The predicted octanol–water partition coefficient (Wildman–Crippen LogP) is 4.18. The lowest BCUT2D eigenvalue weighted by atomic mass is 9.80. The molecule has 2 aromatic carbocycles.